The summed E-state index contributed by atoms with van der Waals surface area (Å²) < 4.78 is 27.8. The van der Waals surface area contributed by atoms with E-state index in [1.807, 2.05) is 50.4 Å². The molecule has 0 spiro atoms. The van der Waals surface area contributed by atoms with Gasteiger partial charge in [-0.2, -0.15) is 0 Å². The second kappa shape index (κ2) is 13.9. The van der Waals surface area contributed by atoms with E-state index < -0.39 is 0 Å². The van der Waals surface area contributed by atoms with Crippen LogP contribution in [-0.4, -0.2) is 17.2 Å². The normalized spacial score (nSPS) is 12.4. The molecule has 0 fully saturated rings. The Morgan fingerprint density at radius 3 is 1.76 bits per heavy atom. The summed E-state index contributed by atoms with van der Waals surface area (Å²) in [7, 11) is 0. The zero-order chi connectivity index (χ0) is 31.7. The van der Waals surface area contributed by atoms with Gasteiger partial charge in [-0.15, -0.1) is 0 Å². The molecule has 1 aliphatic rings. The van der Waals surface area contributed by atoms with E-state index in [0.29, 0.717) is 34.1 Å². The predicted octanol–water partition coefficient (Wildman–Crippen LogP) is 11.4. The van der Waals surface area contributed by atoms with E-state index in [0.717, 1.165) is 46.3 Å². The summed E-state index contributed by atoms with van der Waals surface area (Å²) in [5, 5.41) is 2.29. The molecule has 0 bridgehead atoms. The third-order valence-electron chi connectivity index (χ3n) is 8.58. The largest absolute Gasteiger partial charge is 0.284 e. The fraction of sp³-hybridized carbons (Fsp3) is 0.317. The lowest BCUT2D eigenvalue weighted by Crippen LogP contribution is -2.15. The van der Waals surface area contributed by atoms with Crippen LogP contribution in [0.15, 0.2) is 77.9 Å². The van der Waals surface area contributed by atoms with E-state index in [9.17, 15) is 8.78 Å². The lowest BCUT2D eigenvalue weighted by Gasteiger charge is -2.20. The molecule has 45 heavy (non-hydrogen) atoms. The molecule has 2 heterocycles. The van der Waals surface area contributed by atoms with Crippen LogP contribution >= 0.6 is 0 Å². The van der Waals surface area contributed by atoms with E-state index in [-0.39, 0.29) is 19.1 Å². The number of rotatable bonds is 4. The van der Waals surface area contributed by atoms with Crippen LogP contribution in [0.2, 0.25) is 0 Å². The van der Waals surface area contributed by atoms with Crippen molar-refractivity contribution in [3.05, 3.63) is 135 Å². The van der Waals surface area contributed by atoms with E-state index in [2.05, 4.69) is 69.1 Å². The third kappa shape index (κ3) is 7.06. The zero-order valence-corrected chi connectivity index (χ0v) is 27.1. The van der Waals surface area contributed by atoms with Gasteiger partial charge in [-0.1, -0.05) is 59.4 Å². The third-order valence-corrected chi connectivity index (χ3v) is 8.58. The molecule has 0 unspecified atom stereocenters. The summed E-state index contributed by atoms with van der Waals surface area (Å²) >= 11 is 0. The highest BCUT2D eigenvalue weighted by atomic mass is 19.1. The average molecular weight is 605 g/mol. The Bertz CT molecular complexity index is 1840. The Morgan fingerprint density at radius 2 is 1.18 bits per heavy atom. The second-order valence-corrected chi connectivity index (χ2v) is 12.7. The molecule has 0 atom stereocenters. The van der Waals surface area contributed by atoms with Gasteiger partial charge in [0, 0.05) is 34.8 Å². The lowest BCUT2D eigenvalue weighted by molar-refractivity contribution is 0.609. The number of fused-ring (bicyclic) bond motifs is 2. The van der Waals surface area contributed by atoms with Gasteiger partial charge in [-0.3, -0.25) is 9.98 Å². The molecule has 0 aliphatic carbocycles. The van der Waals surface area contributed by atoms with Crippen molar-refractivity contribution in [1.29, 1.82) is 0 Å². The summed E-state index contributed by atoms with van der Waals surface area (Å²) in [6, 6.07) is 22.8. The van der Waals surface area contributed by atoms with Crippen LogP contribution in [0.3, 0.4) is 0 Å². The molecule has 6 rings (SSSR count). The van der Waals surface area contributed by atoms with E-state index in [4.69, 9.17) is 4.99 Å². The van der Waals surface area contributed by atoms with Crippen LogP contribution in [0, 0.1) is 39.3 Å². The molecule has 1 aromatic heterocycles. The first-order chi connectivity index (χ1) is 20.9. The molecular weight excluding hydrogens is 558 g/mol. The van der Waals surface area contributed by atoms with Gasteiger partial charge in [0.1, 0.15) is 11.6 Å². The predicted molar refractivity (Wildman–Crippen MR) is 188 cm³/mol. The van der Waals surface area contributed by atoms with Gasteiger partial charge in [-0.05, 0) is 133 Å². The summed E-state index contributed by atoms with van der Waals surface area (Å²) in [6.07, 6.45) is 2.80. The van der Waals surface area contributed by atoms with Crippen molar-refractivity contribution in [2.24, 2.45) is 4.99 Å². The first-order valence-electron chi connectivity index (χ1n) is 15.5. The number of nitrogens with zero attached hydrogens (tertiary/aromatic N) is 2. The Balaban J connectivity index is 0.000000200. The number of aliphatic imine (C=N–C) groups is 1. The summed E-state index contributed by atoms with van der Waals surface area (Å²) in [5.74, 6) is 0.711. The number of aromatic nitrogens is 1. The van der Waals surface area contributed by atoms with Gasteiger partial charge < -0.3 is 0 Å². The number of pyridine rings is 1. The van der Waals surface area contributed by atoms with E-state index in [1.54, 1.807) is 13.8 Å². The smallest absolute Gasteiger partial charge is 0.129 e. The SMILES string of the molecule is C.Cc1cc(-c2nccc3ccc(C(C)C)cc23)cc(C)c1F.Cc1cc(C2=NCCc3ccc(C(C)C)cc32)cc(C)c1F. The van der Waals surface area contributed by atoms with Crippen LogP contribution in [0.5, 0.6) is 0 Å². The standard InChI is InChI=1S/C20H22FN.C20H20FN.CH4/c2*1-12(2)16-6-5-15-7-8-22-20(18(15)11-16)17-9-13(3)19(21)14(4)10-17;/h5-6,9-12H,7-8H2,1-4H3;5-12H,1-4H3;1H4. The molecule has 0 saturated heterocycles. The van der Waals surface area contributed by atoms with Crippen molar-refractivity contribution in [2.45, 2.75) is 81.1 Å². The van der Waals surface area contributed by atoms with Crippen LogP contribution in [0.25, 0.3) is 22.0 Å². The van der Waals surface area contributed by atoms with Gasteiger partial charge in [0.15, 0.2) is 0 Å². The van der Waals surface area contributed by atoms with Gasteiger partial charge in [0.2, 0.25) is 0 Å². The molecule has 5 aromatic rings. The van der Waals surface area contributed by atoms with Gasteiger partial charge in [0.25, 0.3) is 0 Å². The molecule has 0 radical (unpaired) electrons. The number of hydrogen-bond donors (Lipinski definition) is 0. The molecule has 2 nitrogen and oxygen atoms in total. The van der Waals surface area contributed by atoms with Crippen molar-refractivity contribution in [3.63, 3.8) is 0 Å². The van der Waals surface area contributed by atoms with Gasteiger partial charge >= 0.3 is 0 Å². The lowest BCUT2D eigenvalue weighted by atomic mass is 9.88. The minimum Gasteiger partial charge on any atom is -0.284 e. The molecule has 0 N–H and O–H groups in total. The molecule has 0 amide bonds. The van der Waals surface area contributed by atoms with Crippen molar-refractivity contribution < 1.29 is 8.78 Å². The number of benzene rings is 4. The zero-order valence-electron chi connectivity index (χ0n) is 27.1. The van der Waals surface area contributed by atoms with Crippen molar-refractivity contribution in [1.82, 2.24) is 4.98 Å². The average Bonchev–Trinajstić information content (AvgIpc) is 3.01. The number of halogens is 2. The number of aryl methyl sites for hydroxylation is 4. The molecule has 0 saturated carbocycles. The van der Waals surface area contributed by atoms with Crippen molar-refractivity contribution in [3.8, 4) is 11.3 Å². The highest BCUT2D eigenvalue weighted by Crippen LogP contribution is 2.31. The Hall–Kier alpha value is -4.18. The van der Waals surface area contributed by atoms with E-state index in [1.165, 1.54) is 22.3 Å². The molecule has 4 aromatic carbocycles. The molecule has 234 valence electrons. The Morgan fingerprint density at radius 1 is 0.644 bits per heavy atom. The molecule has 4 heteroatoms. The first kappa shape index (κ1) is 33.7. The quantitative estimate of drug-likeness (QED) is 0.200. The highest BCUT2D eigenvalue weighted by molar-refractivity contribution is 6.14. The van der Waals surface area contributed by atoms with E-state index >= 15 is 0 Å². The van der Waals surface area contributed by atoms with Crippen LogP contribution in [-0.2, 0) is 6.42 Å². The second-order valence-electron chi connectivity index (χ2n) is 12.7. The van der Waals surface area contributed by atoms with Gasteiger partial charge in [-0.25, -0.2) is 8.78 Å². The number of hydrogen-bond acceptors (Lipinski definition) is 2. The molecular formula is C41H46F2N2. The maximum absolute atomic E-state index is 13.9. The summed E-state index contributed by atoms with van der Waals surface area (Å²) in [6.45, 7) is 16.8. The fourth-order valence-electron chi connectivity index (χ4n) is 5.95. The summed E-state index contributed by atoms with van der Waals surface area (Å²) in [5.41, 5.74) is 11.8. The summed E-state index contributed by atoms with van der Waals surface area (Å²) in [4.78, 5) is 9.31. The topological polar surface area (TPSA) is 25.2 Å². The fourth-order valence-corrected chi connectivity index (χ4v) is 5.95. The molecule has 1 aliphatic heterocycles. The first-order valence-corrected chi connectivity index (χ1v) is 15.5. The minimum atomic E-state index is -0.133. The maximum atomic E-state index is 13.9. The van der Waals surface area contributed by atoms with Crippen LogP contribution in [0.4, 0.5) is 8.78 Å². The minimum absolute atomic E-state index is 0. The highest BCUT2D eigenvalue weighted by Gasteiger charge is 2.19. The van der Waals surface area contributed by atoms with Crippen LogP contribution in [0.1, 0.15) is 97.0 Å². The van der Waals surface area contributed by atoms with Crippen LogP contribution < -0.4 is 0 Å². The van der Waals surface area contributed by atoms with Crippen molar-refractivity contribution >= 4 is 16.5 Å². The Labute approximate surface area is 268 Å². The monoisotopic (exact) mass is 604 g/mol. The maximum Gasteiger partial charge on any atom is 0.129 e. The Kier molecular flexibility index (Phi) is 10.4. The van der Waals surface area contributed by atoms with Crippen molar-refractivity contribution in [2.75, 3.05) is 6.54 Å². The van der Waals surface area contributed by atoms with Gasteiger partial charge in [0.05, 0.1) is 11.4 Å².